The fraction of sp³-hybridized carbons (Fsp3) is 0.111. The van der Waals surface area contributed by atoms with Crippen LogP contribution in [0.2, 0.25) is 0 Å². The Bertz CT molecular complexity index is 1370. The Balaban J connectivity index is 1.80. The van der Waals surface area contributed by atoms with Crippen molar-refractivity contribution in [3.05, 3.63) is 99.7 Å². The quantitative estimate of drug-likeness (QED) is 0.164. The van der Waals surface area contributed by atoms with E-state index >= 15 is 0 Å². The van der Waals surface area contributed by atoms with E-state index in [0.29, 0.717) is 13.2 Å². The average Bonchev–Trinajstić information content (AvgIpc) is 2.80. The SMILES string of the molecule is C=CCOc1c(Br)c(Br)cc2cc(Cc3cc(Br)c4c(OCC=C)c(Br)c(Br)cc4c3)cc(Br)c12. The van der Waals surface area contributed by atoms with Crippen molar-refractivity contribution < 1.29 is 9.47 Å². The number of hydrogen-bond donors (Lipinski definition) is 0. The molecule has 0 radical (unpaired) electrons. The van der Waals surface area contributed by atoms with E-state index in [0.717, 1.165) is 66.3 Å². The van der Waals surface area contributed by atoms with Crippen molar-refractivity contribution in [1.82, 2.24) is 0 Å². The van der Waals surface area contributed by atoms with Gasteiger partial charge in [0.05, 0.1) is 8.95 Å². The largest absolute Gasteiger partial charge is 0.488 e. The highest BCUT2D eigenvalue weighted by Crippen LogP contribution is 2.45. The van der Waals surface area contributed by atoms with E-state index in [2.05, 4.69) is 145 Å². The molecule has 4 aromatic rings. The summed E-state index contributed by atoms with van der Waals surface area (Å²) in [6.45, 7) is 8.38. The van der Waals surface area contributed by atoms with E-state index in [1.807, 2.05) is 0 Å². The van der Waals surface area contributed by atoms with Crippen molar-refractivity contribution in [2.75, 3.05) is 13.2 Å². The fourth-order valence-corrected chi connectivity index (χ4v) is 7.02. The lowest BCUT2D eigenvalue weighted by molar-refractivity contribution is 0.365. The molecule has 0 saturated carbocycles. The topological polar surface area (TPSA) is 18.5 Å². The van der Waals surface area contributed by atoms with Crippen LogP contribution in [0.15, 0.2) is 88.5 Å². The molecule has 0 unspecified atom stereocenters. The average molecular weight is 854 g/mol. The molecule has 0 aliphatic carbocycles. The van der Waals surface area contributed by atoms with E-state index in [-0.39, 0.29) is 0 Å². The summed E-state index contributed by atoms with van der Waals surface area (Å²) in [5, 5.41) is 4.19. The number of benzene rings is 4. The number of fused-ring (bicyclic) bond motifs is 2. The third-order valence-electron chi connectivity index (χ3n) is 5.30. The highest BCUT2D eigenvalue weighted by molar-refractivity contribution is 9.13. The van der Waals surface area contributed by atoms with Crippen LogP contribution in [0.5, 0.6) is 11.5 Å². The van der Waals surface area contributed by atoms with E-state index in [1.165, 1.54) is 11.1 Å². The molecule has 2 nitrogen and oxygen atoms in total. The van der Waals surface area contributed by atoms with E-state index in [4.69, 9.17) is 9.47 Å². The molecule has 0 amide bonds. The van der Waals surface area contributed by atoms with Crippen LogP contribution in [-0.2, 0) is 6.42 Å². The summed E-state index contributed by atoms with van der Waals surface area (Å²) >= 11 is 22.2. The molecule has 0 heterocycles. The first kappa shape index (κ1) is 27.4. The Morgan fingerprint density at radius 3 is 1.34 bits per heavy atom. The molecule has 0 spiro atoms. The molecule has 0 N–H and O–H groups in total. The molecule has 4 aromatic carbocycles. The van der Waals surface area contributed by atoms with Crippen molar-refractivity contribution in [3.8, 4) is 11.5 Å². The number of hydrogen-bond acceptors (Lipinski definition) is 2. The molecule has 4 rings (SSSR count). The second-order valence-corrected chi connectivity index (χ2v) is 12.7. The van der Waals surface area contributed by atoms with Crippen LogP contribution in [-0.4, -0.2) is 13.2 Å². The predicted octanol–water partition coefficient (Wildman–Crippen LogP) is 11.3. The van der Waals surface area contributed by atoms with Gasteiger partial charge in [-0.25, -0.2) is 0 Å². The van der Waals surface area contributed by atoms with Crippen LogP contribution >= 0.6 is 95.6 Å². The Kier molecular flexibility index (Phi) is 9.25. The van der Waals surface area contributed by atoms with Gasteiger partial charge in [-0.15, -0.1) is 0 Å². The molecular weight excluding hydrogens is 836 g/mol. The van der Waals surface area contributed by atoms with Gasteiger partial charge >= 0.3 is 0 Å². The summed E-state index contributed by atoms with van der Waals surface area (Å²) in [7, 11) is 0. The Morgan fingerprint density at radius 2 is 0.971 bits per heavy atom. The van der Waals surface area contributed by atoms with Gasteiger partial charge in [0.15, 0.2) is 0 Å². The first-order valence-corrected chi connectivity index (χ1v) is 15.2. The summed E-state index contributed by atoms with van der Waals surface area (Å²) in [5.74, 6) is 1.56. The predicted molar refractivity (Wildman–Crippen MR) is 168 cm³/mol. The summed E-state index contributed by atoms with van der Waals surface area (Å²) in [4.78, 5) is 0. The van der Waals surface area contributed by atoms with Crippen LogP contribution in [0.3, 0.4) is 0 Å². The zero-order chi connectivity index (χ0) is 25.3. The molecule has 0 bridgehead atoms. The molecule has 0 aliphatic rings. The Labute approximate surface area is 254 Å². The lowest BCUT2D eigenvalue weighted by Crippen LogP contribution is -1.98. The zero-order valence-electron chi connectivity index (χ0n) is 18.2. The molecular formula is C27H18Br6O2. The van der Waals surface area contributed by atoms with Crippen LogP contribution < -0.4 is 9.47 Å². The van der Waals surface area contributed by atoms with Gasteiger partial charge in [-0.1, -0.05) is 69.3 Å². The van der Waals surface area contributed by atoms with Gasteiger partial charge < -0.3 is 9.47 Å². The smallest absolute Gasteiger partial charge is 0.144 e. The number of ether oxygens (including phenoxy) is 2. The van der Waals surface area contributed by atoms with Crippen LogP contribution in [0.1, 0.15) is 11.1 Å². The van der Waals surface area contributed by atoms with Gasteiger partial charge in [0.1, 0.15) is 24.7 Å². The number of halogens is 6. The van der Waals surface area contributed by atoms with Gasteiger partial charge in [-0.2, -0.15) is 0 Å². The van der Waals surface area contributed by atoms with Gasteiger partial charge in [-0.3, -0.25) is 0 Å². The van der Waals surface area contributed by atoms with E-state index in [1.54, 1.807) is 12.2 Å². The monoisotopic (exact) mass is 848 g/mol. The van der Waals surface area contributed by atoms with Crippen LogP contribution in [0, 0.1) is 0 Å². The summed E-state index contributed by atoms with van der Waals surface area (Å²) in [6.07, 6.45) is 4.24. The van der Waals surface area contributed by atoms with Crippen molar-refractivity contribution >= 4 is 117 Å². The molecule has 35 heavy (non-hydrogen) atoms. The zero-order valence-corrected chi connectivity index (χ0v) is 27.8. The van der Waals surface area contributed by atoms with E-state index < -0.39 is 0 Å². The summed E-state index contributed by atoms with van der Waals surface area (Å²) in [5.41, 5.74) is 2.36. The molecule has 8 heteroatoms. The van der Waals surface area contributed by atoms with Crippen LogP contribution in [0.25, 0.3) is 21.5 Å². The highest BCUT2D eigenvalue weighted by atomic mass is 79.9. The summed E-state index contributed by atoms with van der Waals surface area (Å²) in [6, 6.07) is 12.9. The maximum atomic E-state index is 5.99. The maximum Gasteiger partial charge on any atom is 0.144 e. The fourth-order valence-electron chi connectivity index (χ4n) is 3.91. The minimum absolute atomic E-state index is 0.424. The first-order chi connectivity index (χ1) is 16.7. The molecule has 0 aliphatic heterocycles. The highest BCUT2D eigenvalue weighted by Gasteiger charge is 2.17. The molecule has 0 fully saturated rings. The van der Waals surface area contributed by atoms with Crippen molar-refractivity contribution in [3.63, 3.8) is 0 Å². The van der Waals surface area contributed by atoms with Crippen molar-refractivity contribution in [1.29, 1.82) is 0 Å². The third kappa shape index (κ3) is 5.78. The number of rotatable bonds is 8. The Hall–Kier alpha value is -0.640. The van der Waals surface area contributed by atoms with Gasteiger partial charge in [0, 0.05) is 28.7 Å². The second-order valence-electron chi connectivity index (χ2n) is 7.73. The molecule has 0 aromatic heterocycles. The second kappa shape index (κ2) is 11.8. The van der Waals surface area contributed by atoms with Gasteiger partial charge in [-0.05, 0) is 116 Å². The Morgan fingerprint density at radius 1 is 0.571 bits per heavy atom. The van der Waals surface area contributed by atoms with Crippen molar-refractivity contribution in [2.45, 2.75) is 6.42 Å². The molecule has 0 saturated heterocycles. The minimum Gasteiger partial charge on any atom is -0.488 e. The standard InChI is InChI=1S/C27H18Br6O2/c1-3-5-34-26-22-16(12-20(30)24(26)32)8-14(10-18(22)28)7-15-9-17-13-21(31)25(33)27(35-6-4-2)23(17)19(29)11-15/h3-4,8-13H,1-2,5-7H2. The van der Waals surface area contributed by atoms with Crippen LogP contribution in [0.4, 0.5) is 0 Å². The maximum absolute atomic E-state index is 5.99. The normalized spacial score (nSPS) is 11.1. The van der Waals surface area contributed by atoms with Gasteiger partial charge in [0.2, 0.25) is 0 Å². The molecule has 180 valence electrons. The van der Waals surface area contributed by atoms with Crippen molar-refractivity contribution in [2.24, 2.45) is 0 Å². The lowest BCUT2D eigenvalue weighted by Gasteiger charge is -2.16. The first-order valence-electron chi connectivity index (χ1n) is 10.4. The van der Waals surface area contributed by atoms with E-state index in [9.17, 15) is 0 Å². The minimum atomic E-state index is 0.424. The third-order valence-corrected chi connectivity index (χ3v) is 10.4. The lowest BCUT2D eigenvalue weighted by atomic mass is 9.98. The summed E-state index contributed by atoms with van der Waals surface area (Å²) < 4.78 is 17.6. The molecule has 0 atom stereocenters. The van der Waals surface area contributed by atoms with Gasteiger partial charge in [0.25, 0.3) is 0 Å².